The van der Waals surface area contributed by atoms with Crippen molar-refractivity contribution < 1.29 is 9.53 Å². The second-order valence-corrected chi connectivity index (χ2v) is 6.91. The van der Waals surface area contributed by atoms with Crippen LogP contribution in [0.3, 0.4) is 0 Å². The zero-order valence-corrected chi connectivity index (χ0v) is 13.9. The van der Waals surface area contributed by atoms with Gasteiger partial charge in [0.25, 0.3) is 0 Å². The molecule has 1 aromatic carbocycles. The Hall–Kier alpha value is -1.55. The topological polar surface area (TPSA) is 50.4 Å². The van der Waals surface area contributed by atoms with E-state index in [2.05, 4.69) is 49.6 Å². The van der Waals surface area contributed by atoms with E-state index >= 15 is 0 Å². The maximum Gasteiger partial charge on any atom is 0.221 e. The normalized spacial score (nSPS) is 18.2. The molecule has 1 amide bonds. The van der Waals surface area contributed by atoms with Gasteiger partial charge in [0, 0.05) is 31.8 Å². The Balaban J connectivity index is 1.75. The van der Waals surface area contributed by atoms with Gasteiger partial charge in [0.05, 0.1) is 6.10 Å². The molecule has 4 heteroatoms. The number of carbonyl (C=O) groups is 1. The number of benzene rings is 1. The highest BCUT2D eigenvalue weighted by Gasteiger charge is 2.18. The minimum Gasteiger partial charge on any atom is -0.384 e. The number of rotatable bonds is 6. The van der Waals surface area contributed by atoms with Gasteiger partial charge in [-0.3, -0.25) is 4.79 Å². The maximum atomic E-state index is 11.9. The van der Waals surface area contributed by atoms with Gasteiger partial charge in [0.1, 0.15) is 0 Å². The van der Waals surface area contributed by atoms with Crippen molar-refractivity contribution in [1.82, 2.24) is 5.32 Å². The van der Waals surface area contributed by atoms with Gasteiger partial charge in [-0.1, -0.05) is 39.0 Å². The third-order valence-electron chi connectivity index (χ3n) is 3.95. The molecule has 122 valence electrons. The molecule has 1 saturated heterocycles. The van der Waals surface area contributed by atoms with Crippen LogP contribution in [-0.2, 0) is 14.9 Å². The Morgan fingerprint density at radius 3 is 2.77 bits per heavy atom. The third-order valence-corrected chi connectivity index (χ3v) is 3.95. The Bertz CT molecular complexity index is 488. The van der Waals surface area contributed by atoms with Gasteiger partial charge in [-0.25, -0.2) is 0 Å². The first-order valence-corrected chi connectivity index (χ1v) is 8.18. The lowest BCUT2D eigenvalue weighted by molar-refractivity contribution is -0.121. The quantitative estimate of drug-likeness (QED) is 0.849. The smallest absolute Gasteiger partial charge is 0.221 e. The predicted octanol–water partition coefficient (Wildman–Crippen LogP) is 3.08. The van der Waals surface area contributed by atoms with Crippen LogP contribution >= 0.6 is 0 Å². The molecule has 1 atom stereocenters. The molecule has 0 spiro atoms. The first-order chi connectivity index (χ1) is 10.5. The van der Waals surface area contributed by atoms with Crippen molar-refractivity contribution in [3.05, 3.63) is 29.8 Å². The van der Waals surface area contributed by atoms with Gasteiger partial charge in [-0.05, 0) is 29.9 Å². The van der Waals surface area contributed by atoms with E-state index in [-0.39, 0.29) is 17.4 Å². The number of hydrogen-bond acceptors (Lipinski definition) is 3. The number of amides is 1. The van der Waals surface area contributed by atoms with Gasteiger partial charge in [-0.15, -0.1) is 0 Å². The van der Waals surface area contributed by atoms with Crippen molar-refractivity contribution in [1.29, 1.82) is 0 Å². The molecule has 0 saturated carbocycles. The molecule has 0 radical (unpaired) electrons. The van der Waals surface area contributed by atoms with Crippen LogP contribution in [-0.4, -0.2) is 31.7 Å². The number of carbonyl (C=O) groups excluding carboxylic acids is 1. The summed E-state index contributed by atoms with van der Waals surface area (Å²) >= 11 is 0. The summed E-state index contributed by atoms with van der Waals surface area (Å²) in [6.45, 7) is 8.69. The Kier molecular flexibility index (Phi) is 5.83. The molecule has 2 rings (SSSR count). The fraction of sp³-hybridized carbons (Fsp3) is 0.611. The summed E-state index contributed by atoms with van der Waals surface area (Å²) in [7, 11) is 0. The molecule has 0 bridgehead atoms. The van der Waals surface area contributed by atoms with E-state index in [9.17, 15) is 4.79 Å². The van der Waals surface area contributed by atoms with Gasteiger partial charge >= 0.3 is 0 Å². The van der Waals surface area contributed by atoms with Crippen LogP contribution in [0.4, 0.5) is 5.69 Å². The zero-order valence-electron chi connectivity index (χ0n) is 13.9. The van der Waals surface area contributed by atoms with Crippen molar-refractivity contribution in [3.8, 4) is 0 Å². The fourth-order valence-corrected chi connectivity index (χ4v) is 2.72. The molecule has 1 unspecified atom stereocenters. The van der Waals surface area contributed by atoms with Crippen LogP contribution in [0.2, 0.25) is 0 Å². The van der Waals surface area contributed by atoms with Crippen LogP contribution in [0.15, 0.2) is 24.3 Å². The van der Waals surface area contributed by atoms with Crippen molar-refractivity contribution in [2.24, 2.45) is 0 Å². The van der Waals surface area contributed by atoms with Crippen LogP contribution in [0.1, 0.15) is 45.6 Å². The molecular weight excluding hydrogens is 276 g/mol. The lowest BCUT2D eigenvalue weighted by atomic mass is 9.86. The van der Waals surface area contributed by atoms with Crippen molar-refractivity contribution >= 4 is 11.6 Å². The van der Waals surface area contributed by atoms with Crippen molar-refractivity contribution in [2.75, 3.05) is 25.0 Å². The summed E-state index contributed by atoms with van der Waals surface area (Å²) < 4.78 is 5.50. The molecule has 0 aromatic heterocycles. The van der Waals surface area contributed by atoms with Crippen LogP contribution in [0.25, 0.3) is 0 Å². The molecule has 1 aliphatic heterocycles. The van der Waals surface area contributed by atoms with Crippen molar-refractivity contribution in [2.45, 2.75) is 51.6 Å². The van der Waals surface area contributed by atoms with E-state index < -0.39 is 0 Å². The van der Waals surface area contributed by atoms with Crippen molar-refractivity contribution in [3.63, 3.8) is 0 Å². The molecule has 4 nitrogen and oxygen atoms in total. The fourth-order valence-electron chi connectivity index (χ4n) is 2.72. The van der Waals surface area contributed by atoms with E-state index in [4.69, 9.17) is 4.74 Å². The molecule has 0 aliphatic carbocycles. The minimum atomic E-state index is 0.0799. The first kappa shape index (κ1) is 16.8. The summed E-state index contributed by atoms with van der Waals surface area (Å²) in [5, 5.41) is 6.34. The van der Waals surface area contributed by atoms with Crippen LogP contribution in [0.5, 0.6) is 0 Å². The van der Waals surface area contributed by atoms with E-state index in [1.165, 1.54) is 5.56 Å². The standard InChI is InChI=1S/C18H28N2O2/c1-18(2,3)15-8-4-5-9-16(15)19-11-10-17(21)20-13-14-7-6-12-22-14/h4-5,8-9,14,19H,6-7,10-13H2,1-3H3,(H,20,21). The highest BCUT2D eigenvalue weighted by molar-refractivity contribution is 5.76. The largest absolute Gasteiger partial charge is 0.384 e. The lowest BCUT2D eigenvalue weighted by Crippen LogP contribution is -2.32. The number of para-hydroxylation sites is 1. The van der Waals surface area contributed by atoms with Gasteiger partial charge < -0.3 is 15.4 Å². The van der Waals surface area contributed by atoms with E-state index in [1.807, 2.05) is 6.07 Å². The van der Waals surface area contributed by atoms with Crippen LogP contribution < -0.4 is 10.6 Å². The monoisotopic (exact) mass is 304 g/mol. The second kappa shape index (κ2) is 7.63. The summed E-state index contributed by atoms with van der Waals surface area (Å²) in [6.07, 6.45) is 2.84. The summed E-state index contributed by atoms with van der Waals surface area (Å²) in [6, 6.07) is 8.29. The number of hydrogen-bond donors (Lipinski definition) is 2. The molecule has 1 heterocycles. The molecule has 22 heavy (non-hydrogen) atoms. The highest BCUT2D eigenvalue weighted by Crippen LogP contribution is 2.29. The van der Waals surface area contributed by atoms with Gasteiger partial charge in [-0.2, -0.15) is 0 Å². The van der Waals surface area contributed by atoms with E-state index in [1.54, 1.807) is 0 Å². The summed E-state index contributed by atoms with van der Waals surface area (Å²) in [5.41, 5.74) is 2.47. The third kappa shape index (κ3) is 5.02. The second-order valence-electron chi connectivity index (χ2n) is 6.91. The summed E-state index contributed by atoms with van der Waals surface area (Å²) in [4.78, 5) is 11.9. The average Bonchev–Trinajstić information content (AvgIpc) is 2.98. The molecule has 1 fully saturated rings. The molecule has 1 aromatic rings. The summed E-state index contributed by atoms with van der Waals surface area (Å²) in [5.74, 6) is 0.0799. The molecular formula is C18H28N2O2. The number of ether oxygens (including phenoxy) is 1. The molecule has 2 N–H and O–H groups in total. The van der Waals surface area contributed by atoms with E-state index in [0.29, 0.717) is 19.5 Å². The average molecular weight is 304 g/mol. The highest BCUT2D eigenvalue weighted by atomic mass is 16.5. The Morgan fingerprint density at radius 1 is 1.32 bits per heavy atom. The Morgan fingerprint density at radius 2 is 2.09 bits per heavy atom. The number of anilines is 1. The predicted molar refractivity (Wildman–Crippen MR) is 90.2 cm³/mol. The lowest BCUT2D eigenvalue weighted by Gasteiger charge is -2.23. The number of nitrogens with one attached hydrogen (secondary N) is 2. The maximum absolute atomic E-state index is 11.9. The SMILES string of the molecule is CC(C)(C)c1ccccc1NCCC(=O)NCC1CCCO1. The first-order valence-electron chi connectivity index (χ1n) is 8.18. The van der Waals surface area contributed by atoms with Gasteiger partial charge in [0.2, 0.25) is 5.91 Å². The Labute approximate surface area is 133 Å². The minimum absolute atomic E-state index is 0.0799. The molecule has 1 aliphatic rings. The van der Waals surface area contributed by atoms with Gasteiger partial charge in [0.15, 0.2) is 0 Å². The van der Waals surface area contributed by atoms with Crippen LogP contribution in [0, 0.1) is 0 Å². The zero-order chi connectivity index (χ0) is 16.0. The van der Waals surface area contributed by atoms with E-state index in [0.717, 1.165) is 25.1 Å².